The molecule has 1 heterocycles. The largest absolute Gasteiger partial charge is 0.495 e. The number of hydrogen-bond donors (Lipinski definition) is 0. The molecule has 0 radical (unpaired) electrons. The van der Waals surface area contributed by atoms with Crippen LogP contribution < -0.4 is 10.0 Å². The summed E-state index contributed by atoms with van der Waals surface area (Å²) in [7, 11) is 1.37. The summed E-state index contributed by atoms with van der Waals surface area (Å²) in [4.78, 5) is 0. The number of aromatic nitrogens is 1. The van der Waals surface area contributed by atoms with Crippen molar-refractivity contribution in [3.63, 3.8) is 0 Å². The van der Waals surface area contributed by atoms with E-state index in [0.717, 1.165) is 5.75 Å². The van der Waals surface area contributed by atoms with Crippen LogP contribution in [0.4, 0.5) is 0 Å². The maximum absolute atomic E-state index is 5.67. The van der Waals surface area contributed by atoms with Crippen LogP contribution >= 0.6 is 7.92 Å². The van der Waals surface area contributed by atoms with Gasteiger partial charge in [0.25, 0.3) is 0 Å². The minimum absolute atomic E-state index is 0.224. The summed E-state index contributed by atoms with van der Waals surface area (Å²) in [6.07, 6.45) is 4.19. The Hall–Kier alpha value is -1.27. The van der Waals surface area contributed by atoms with Crippen LogP contribution in [0.2, 0.25) is 0 Å². The molecule has 0 unspecified atom stereocenters. The molecule has 120 valence electrons. The van der Waals surface area contributed by atoms with Gasteiger partial charge in [-0.2, -0.15) is 0 Å². The summed E-state index contributed by atoms with van der Waals surface area (Å²) in [6.45, 7) is 14.1. The summed E-state index contributed by atoms with van der Waals surface area (Å²) in [6, 6.07) is 10.6. The molecule has 0 saturated carbocycles. The molecule has 22 heavy (non-hydrogen) atoms. The van der Waals surface area contributed by atoms with Crippen molar-refractivity contribution < 1.29 is 4.74 Å². The fraction of sp³-hybridized carbons (Fsp3) is 0.474. The van der Waals surface area contributed by atoms with Gasteiger partial charge in [0.2, 0.25) is 0 Å². The molecular weight excluding hydrogens is 289 g/mol. The normalized spacial score (nSPS) is 12.7. The van der Waals surface area contributed by atoms with Gasteiger partial charge in [-0.25, -0.2) is 0 Å². The number of hydrogen-bond acceptors (Lipinski definition) is 1. The van der Waals surface area contributed by atoms with Crippen LogP contribution in [0.15, 0.2) is 42.7 Å². The van der Waals surface area contributed by atoms with Crippen LogP contribution in [-0.2, 0) is 0 Å². The Labute approximate surface area is 136 Å². The third kappa shape index (κ3) is 3.38. The molecule has 1 aromatic carbocycles. The molecule has 0 fully saturated rings. The van der Waals surface area contributed by atoms with E-state index < -0.39 is 0 Å². The number of nitrogens with zero attached hydrogens (tertiary/aromatic N) is 1. The number of ether oxygens (including phenoxy) is 1. The number of rotatable bonds is 3. The topological polar surface area (TPSA) is 14.2 Å². The number of methoxy groups -OCH3 is 1. The van der Waals surface area contributed by atoms with Gasteiger partial charge in [0.05, 0.1) is 12.8 Å². The third-order valence-corrected chi connectivity index (χ3v) is 7.17. The monoisotopic (exact) mass is 317 g/mol. The van der Waals surface area contributed by atoms with Crippen molar-refractivity contribution in [2.24, 2.45) is 0 Å². The standard InChI is InChI=1S/C19H28NOP/c1-18(2,3)22(19(4,5)6)16-12-10-11-15(21-7)17(16)20-13-8-9-14-20/h8-14H,1-7H3. The highest BCUT2D eigenvalue weighted by molar-refractivity contribution is 7.68. The highest BCUT2D eigenvalue weighted by Gasteiger charge is 2.37. The molecule has 0 aliphatic heterocycles. The molecule has 0 saturated heterocycles. The lowest BCUT2D eigenvalue weighted by Crippen LogP contribution is -2.32. The van der Waals surface area contributed by atoms with Crippen molar-refractivity contribution in [3.8, 4) is 11.4 Å². The highest BCUT2D eigenvalue weighted by atomic mass is 31.1. The minimum atomic E-state index is -0.386. The molecule has 2 nitrogen and oxygen atoms in total. The summed E-state index contributed by atoms with van der Waals surface area (Å²) in [5.41, 5.74) is 1.19. The Morgan fingerprint density at radius 3 is 1.86 bits per heavy atom. The summed E-state index contributed by atoms with van der Waals surface area (Å²) >= 11 is 0. The van der Waals surface area contributed by atoms with E-state index in [1.807, 2.05) is 0 Å². The molecule has 0 aliphatic rings. The Kier molecular flexibility index (Phi) is 4.73. The first-order valence-electron chi connectivity index (χ1n) is 7.77. The van der Waals surface area contributed by atoms with Crippen LogP contribution in [0, 0.1) is 0 Å². The Morgan fingerprint density at radius 1 is 0.864 bits per heavy atom. The molecule has 2 rings (SSSR count). The van der Waals surface area contributed by atoms with Crippen LogP contribution in [0.5, 0.6) is 5.75 Å². The van der Waals surface area contributed by atoms with E-state index in [2.05, 4.69) is 88.8 Å². The summed E-state index contributed by atoms with van der Waals surface area (Å²) in [5, 5.41) is 1.86. The molecule has 2 aromatic rings. The van der Waals surface area contributed by atoms with Gasteiger partial charge in [0, 0.05) is 17.7 Å². The quantitative estimate of drug-likeness (QED) is 0.711. The van der Waals surface area contributed by atoms with Crippen molar-refractivity contribution >= 4 is 13.2 Å². The van der Waals surface area contributed by atoms with Crippen molar-refractivity contribution in [1.29, 1.82) is 0 Å². The van der Waals surface area contributed by atoms with Crippen molar-refractivity contribution in [2.75, 3.05) is 7.11 Å². The first kappa shape index (κ1) is 17.1. The predicted octanol–water partition coefficient (Wildman–Crippen LogP) is 5.19. The maximum Gasteiger partial charge on any atom is 0.143 e. The lowest BCUT2D eigenvalue weighted by Gasteiger charge is -2.42. The minimum Gasteiger partial charge on any atom is -0.495 e. The van der Waals surface area contributed by atoms with E-state index in [-0.39, 0.29) is 18.2 Å². The average Bonchev–Trinajstić information content (AvgIpc) is 2.88. The zero-order valence-corrected chi connectivity index (χ0v) is 15.7. The van der Waals surface area contributed by atoms with Crippen molar-refractivity contribution in [1.82, 2.24) is 4.57 Å². The van der Waals surface area contributed by atoms with E-state index in [0.29, 0.717) is 0 Å². The fourth-order valence-corrected chi connectivity index (χ4v) is 7.46. The second-order valence-corrected chi connectivity index (χ2v) is 11.4. The van der Waals surface area contributed by atoms with Crippen LogP contribution in [0.25, 0.3) is 5.69 Å². The molecule has 0 bridgehead atoms. The lowest BCUT2D eigenvalue weighted by atomic mass is 10.2. The SMILES string of the molecule is COc1cccc(P(C(C)(C)C)C(C)(C)C)c1-n1cccc1. The molecule has 3 heteroatoms. The fourth-order valence-electron chi connectivity index (χ4n) is 3.33. The van der Waals surface area contributed by atoms with Gasteiger partial charge in [-0.05, 0) is 28.5 Å². The predicted molar refractivity (Wildman–Crippen MR) is 98.4 cm³/mol. The van der Waals surface area contributed by atoms with E-state index >= 15 is 0 Å². The molecule has 0 amide bonds. The van der Waals surface area contributed by atoms with Gasteiger partial charge in [0.15, 0.2) is 0 Å². The van der Waals surface area contributed by atoms with Gasteiger partial charge in [0.1, 0.15) is 5.75 Å². The van der Waals surface area contributed by atoms with E-state index in [1.54, 1.807) is 7.11 Å². The van der Waals surface area contributed by atoms with E-state index in [9.17, 15) is 0 Å². The lowest BCUT2D eigenvalue weighted by molar-refractivity contribution is 0.413. The maximum atomic E-state index is 5.67. The second-order valence-electron chi connectivity index (χ2n) is 7.60. The Balaban J connectivity index is 2.74. The molecular formula is C19H28NOP. The number of benzene rings is 1. The van der Waals surface area contributed by atoms with E-state index in [4.69, 9.17) is 4.74 Å². The van der Waals surface area contributed by atoms with Crippen LogP contribution in [-0.4, -0.2) is 22.0 Å². The molecule has 0 N–H and O–H groups in total. The second kappa shape index (κ2) is 6.08. The Morgan fingerprint density at radius 2 is 1.41 bits per heavy atom. The first-order chi connectivity index (χ1) is 10.2. The third-order valence-electron chi connectivity index (χ3n) is 3.64. The first-order valence-corrected chi connectivity index (χ1v) is 9.11. The van der Waals surface area contributed by atoms with Crippen LogP contribution in [0.1, 0.15) is 41.5 Å². The van der Waals surface area contributed by atoms with Gasteiger partial charge in [-0.1, -0.05) is 61.6 Å². The molecule has 1 aromatic heterocycles. The zero-order chi connectivity index (χ0) is 16.5. The van der Waals surface area contributed by atoms with Gasteiger partial charge >= 0.3 is 0 Å². The molecule has 0 atom stereocenters. The van der Waals surface area contributed by atoms with Crippen LogP contribution in [0.3, 0.4) is 0 Å². The number of para-hydroxylation sites is 1. The molecule has 0 spiro atoms. The van der Waals surface area contributed by atoms with Gasteiger partial charge in [-0.3, -0.25) is 0 Å². The van der Waals surface area contributed by atoms with Crippen molar-refractivity contribution in [3.05, 3.63) is 42.7 Å². The molecule has 0 aliphatic carbocycles. The summed E-state index contributed by atoms with van der Waals surface area (Å²) < 4.78 is 7.86. The Bertz CT molecular complexity index is 604. The zero-order valence-electron chi connectivity index (χ0n) is 14.8. The van der Waals surface area contributed by atoms with Gasteiger partial charge < -0.3 is 9.30 Å². The average molecular weight is 317 g/mol. The highest BCUT2D eigenvalue weighted by Crippen LogP contribution is 2.59. The summed E-state index contributed by atoms with van der Waals surface area (Å²) in [5.74, 6) is 0.940. The van der Waals surface area contributed by atoms with E-state index in [1.165, 1.54) is 11.0 Å². The van der Waals surface area contributed by atoms with Crippen molar-refractivity contribution in [2.45, 2.75) is 51.9 Å². The van der Waals surface area contributed by atoms with Gasteiger partial charge in [-0.15, -0.1) is 0 Å². The smallest absolute Gasteiger partial charge is 0.143 e.